The zero-order chi connectivity index (χ0) is 16.3. The van der Waals surface area contributed by atoms with Crippen LogP contribution in [0.5, 0.6) is 0 Å². The van der Waals surface area contributed by atoms with Crippen LogP contribution in [0.1, 0.15) is 16.7 Å². The number of nitrogens with zero attached hydrogens (tertiary/aromatic N) is 1. The van der Waals surface area contributed by atoms with E-state index in [0.29, 0.717) is 6.07 Å². The smallest absolute Gasteiger partial charge is 0.403 e. The molecule has 0 spiro atoms. The summed E-state index contributed by atoms with van der Waals surface area (Å²) in [5.41, 5.74) is 7.17. The topological polar surface area (TPSA) is 64.4 Å². The first-order valence-corrected chi connectivity index (χ1v) is 5.50. The number of hydrogen-bond acceptors (Lipinski definition) is 3. The normalized spacial score (nSPS) is 13.9. The van der Waals surface area contributed by atoms with Crippen LogP contribution in [0.4, 0.5) is 26.3 Å². The molecule has 9 heteroatoms. The molecule has 0 aliphatic heterocycles. The van der Waals surface area contributed by atoms with E-state index in [1.54, 1.807) is 0 Å². The lowest BCUT2D eigenvalue weighted by atomic mass is 10.0. The lowest BCUT2D eigenvalue weighted by Crippen LogP contribution is -2.13. The Morgan fingerprint density at radius 3 is 2.19 bits per heavy atom. The predicted octanol–water partition coefficient (Wildman–Crippen LogP) is 3.05. The second kappa shape index (κ2) is 6.06. The minimum Gasteiger partial charge on any atom is -0.403 e. The Bertz CT molecular complexity index is 557. The van der Waals surface area contributed by atoms with Gasteiger partial charge in [0.15, 0.2) is 0 Å². The van der Waals surface area contributed by atoms with E-state index in [9.17, 15) is 26.3 Å². The maximum atomic E-state index is 12.8. The molecule has 0 atom stereocenters. The van der Waals surface area contributed by atoms with Crippen molar-refractivity contribution in [1.29, 1.82) is 0 Å². The molecular formula is C12H11F6N3. The van der Waals surface area contributed by atoms with Crippen molar-refractivity contribution < 1.29 is 26.3 Å². The van der Waals surface area contributed by atoms with Crippen LogP contribution in [0, 0.1) is 0 Å². The first kappa shape index (κ1) is 16.9. The molecule has 0 bridgehead atoms. The number of aliphatic imine (C=N–C) groups is 1. The van der Waals surface area contributed by atoms with Crippen molar-refractivity contribution in [2.75, 3.05) is 0 Å². The lowest BCUT2D eigenvalue weighted by molar-refractivity contribution is -0.143. The van der Waals surface area contributed by atoms with Gasteiger partial charge in [0.05, 0.1) is 23.4 Å². The van der Waals surface area contributed by atoms with E-state index in [0.717, 1.165) is 18.5 Å². The molecule has 0 amide bonds. The van der Waals surface area contributed by atoms with Gasteiger partial charge in [-0.15, -0.1) is 0 Å². The van der Waals surface area contributed by atoms with E-state index in [2.05, 4.69) is 4.99 Å². The van der Waals surface area contributed by atoms with Crippen LogP contribution in [-0.2, 0) is 18.9 Å². The molecule has 0 aromatic heterocycles. The molecule has 1 aromatic rings. The van der Waals surface area contributed by atoms with Crippen molar-refractivity contribution in [3.63, 3.8) is 0 Å². The minimum atomic E-state index is -4.92. The van der Waals surface area contributed by atoms with Crippen molar-refractivity contribution >= 4 is 6.21 Å². The van der Waals surface area contributed by atoms with E-state index in [4.69, 9.17) is 11.5 Å². The number of nitrogens with two attached hydrogens (primary N) is 2. The fourth-order valence-corrected chi connectivity index (χ4v) is 1.45. The van der Waals surface area contributed by atoms with Crippen LogP contribution in [0.25, 0.3) is 0 Å². The SMILES string of the molecule is NC=C(N)C=NCc1ccc(C(F)(F)F)cc1C(F)(F)F. The van der Waals surface area contributed by atoms with Gasteiger partial charge in [0.1, 0.15) is 0 Å². The van der Waals surface area contributed by atoms with E-state index in [1.807, 2.05) is 0 Å². The summed E-state index contributed by atoms with van der Waals surface area (Å²) in [6.07, 6.45) is -7.76. The summed E-state index contributed by atoms with van der Waals surface area (Å²) in [5, 5.41) is 0. The Morgan fingerprint density at radius 2 is 1.71 bits per heavy atom. The average Bonchev–Trinajstić information content (AvgIpc) is 2.36. The summed E-state index contributed by atoms with van der Waals surface area (Å²) in [6, 6.07) is 1.38. The third-order valence-corrected chi connectivity index (χ3v) is 2.44. The van der Waals surface area contributed by atoms with E-state index in [-0.39, 0.29) is 11.8 Å². The number of rotatable bonds is 3. The fourth-order valence-electron chi connectivity index (χ4n) is 1.45. The molecule has 0 unspecified atom stereocenters. The van der Waals surface area contributed by atoms with Crippen molar-refractivity contribution in [2.45, 2.75) is 18.9 Å². The summed E-state index contributed by atoms with van der Waals surface area (Å²) in [5.74, 6) is 0. The average molecular weight is 311 g/mol. The van der Waals surface area contributed by atoms with Gasteiger partial charge >= 0.3 is 12.4 Å². The Labute approximate surface area is 115 Å². The minimum absolute atomic E-state index is 0.0236. The van der Waals surface area contributed by atoms with E-state index < -0.39 is 35.6 Å². The van der Waals surface area contributed by atoms with Crippen LogP contribution in [0.15, 0.2) is 35.1 Å². The molecule has 0 radical (unpaired) electrons. The summed E-state index contributed by atoms with van der Waals surface area (Å²) in [4.78, 5) is 3.60. The van der Waals surface area contributed by atoms with Gasteiger partial charge in [-0.3, -0.25) is 4.99 Å². The van der Waals surface area contributed by atoms with Gasteiger partial charge in [0.2, 0.25) is 0 Å². The molecule has 0 saturated heterocycles. The molecular weight excluding hydrogens is 300 g/mol. The highest BCUT2D eigenvalue weighted by atomic mass is 19.4. The van der Waals surface area contributed by atoms with Crippen molar-refractivity contribution in [2.24, 2.45) is 16.5 Å². The molecule has 0 fully saturated rings. The summed E-state index contributed by atoms with van der Waals surface area (Å²) >= 11 is 0. The number of hydrogen-bond donors (Lipinski definition) is 2. The van der Waals surface area contributed by atoms with Crippen molar-refractivity contribution in [3.05, 3.63) is 46.8 Å². The fraction of sp³-hybridized carbons (Fsp3) is 0.250. The van der Waals surface area contributed by atoms with Crippen LogP contribution < -0.4 is 11.5 Å². The van der Waals surface area contributed by atoms with Gasteiger partial charge in [-0.2, -0.15) is 26.3 Å². The Kier molecular flexibility index (Phi) is 4.87. The summed E-state index contributed by atoms with van der Waals surface area (Å²) < 4.78 is 75.7. The zero-order valence-electron chi connectivity index (χ0n) is 10.5. The van der Waals surface area contributed by atoms with Gasteiger partial charge < -0.3 is 11.5 Å². The largest absolute Gasteiger partial charge is 0.416 e. The molecule has 21 heavy (non-hydrogen) atoms. The molecule has 0 aliphatic rings. The molecule has 0 saturated carbocycles. The maximum Gasteiger partial charge on any atom is 0.416 e. The highest BCUT2D eigenvalue weighted by molar-refractivity contribution is 5.76. The molecule has 116 valence electrons. The molecule has 0 heterocycles. The summed E-state index contributed by atoms with van der Waals surface area (Å²) in [6.45, 7) is -0.471. The molecule has 4 N–H and O–H groups in total. The standard InChI is InChI=1S/C12H11F6N3/c13-11(14,15)8-2-1-7(5-21-6-9(20)4-19)10(3-8)12(16,17)18/h1-4,6H,5,19-20H2. The predicted molar refractivity (Wildman–Crippen MR) is 65.1 cm³/mol. The van der Waals surface area contributed by atoms with Crippen LogP contribution >= 0.6 is 0 Å². The second-order valence-electron chi connectivity index (χ2n) is 4.00. The van der Waals surface area contributed by atoms with Gasteiger partial charge in [-0.25, -0.2) is 0 Å². The maximum absolute atomic E-state index is 12.8. The Morgan fingerprint density at radius 1 is 1.10 bits per heavy atom. The van der Waals surface area contributed by atoms with Gasteiger partial charge in [0.25, 0.3) is 0 Å². The van der Waals surface area contributed by atoms with E-state index >= 15 is 0 Å². The highest BCUT2D eigenvalue weighted by Crippen LogP contribution is 2.37. The second-order valence-corrected chi connectivity index (χ2v) is 4.00. The highest BCUT2D eigenvalue weighted by Gasteiger charge is 2.37. The first-order chi connectivity index (χ1) is 9.55. The third-order valence-electron chi connectivity index (χ3n) is 2.44. The van der Waals surface area contributed by atoms with Crippen LogP contribution in [-0.4, -0.2) is 6.21 Å². The van der Waals surface area contributed by atoms with Gasteiger partial charge in [-0.1, -0.05) is 6.07 Å². The monoisotopic (exact) mass is 311 g/mol. The molecule has 0 aliphatic carbocycles. The van der Waals surface area contributed by atoms with Gasteiger partial charge in [-0.05, 0) is 17.7 Å². The van der Waals surface area contributed by atoms with E-state index in [1.165, 1.54) is 0 Å². The van der Waals surface area contributed by atoms with Gasteiger partial charge in [0, 0.05) is 12.4 Å². The van der Waals surface area contributed by atoms with Crippen molar-refractivity contribution in [1.82, 2.24) is 0 Å². The third kappa shape index (κ3) is 4.69. The van der Waals surface area contributed by atoms with Crippen LogP contribution in [0.2, 0.25) is 0 Å². The lowest BCUT2D eigenvalue weighted by Gasteiger charge is -2.14. The number of alkyl halides is 6. The number of benzene rings is 1. The van der Waals surface area contributed by atoms with Crippen LogP contribution in [0.3, 0.4) is 0 Å². The number of allylic oxidation sites excluding steroid dienone is 1. The Hall–Kier alpha value is -2.19. The molecule has 1 aromatic carbocycles. The number of halogens is 6. The Balaban J connectivity index is 3.18. The molecule has 1 rings (SSSR count). The zero-order valence-corrected chi connectivity index (χ0v) is 10.5. The molecule has 3 nitrogen and oxygen atoms in total. The summed E-state index contributed by atoms with van der Waals surface area (Å²) in [7, 11) is 0. The van der Waals surface area contributed by atoms with Crippen molar-refractivity contribution in [3.8, 4) is 0 Å². The first-order valence-electron chi connectivity index (χ1n) is 5.50. The quantitative estimate of drug-likeness (QED) is 0.665.